The van der Waals surface area contributed by atoms with Crippen LogP contribution in [-0.2, 0) is 24.4 Å². The number of aldehydes is 1. The van der Waals surface area contributed by atoms with Gasteiger partial charge in [0.25, 0.3) is 5.91 Å². The molecular weight excluding hydrogens is 476 g/mol. The largest absolute Gasteiger partial charge is 0.416 e. The van der Waals surface area contributed by atoms with Crippen molar-refractivity contribution >= 4 is 46.3 Å². The van der Waals surface area contributed by atoms with Gasteiger partial charge in [-0.15, -0.1) is 0 Å². The lowest BCUT2D eigenvalue weighted by Crippen LogP contribution is -2.50. The molecule has 1 amide bonds. The van der Waals surface area contributed by atoms with Gasteiger partial charge in [0.1, 0.15) is 6.29 Å². The third-order valence-corrected chi connectivity index (χ3v) is 7.03. The highest BCUT2D eigenvalue weighted by Gasteiger charge is 2.33. The van der Waals surface area contributed by atoms with Gasteiger partial charge in [-0.2, -0.15) is 13.2 Å². The van der Waals surface area contributed by atoms with Crippen molar-refractivity contribution in [3.8, 4) is 0 Å². The van der Waals surface area contributed by atoms with E-state index in [1.54, 1.807) is 35.6 Å². The quantitative estimate of drug-likeness (QED) is 0.402. The van der Waals surface area contributed by atoms with Crippen LogP contribution < -0.4 is 0 Å². The van der Waals surface area contributed by atoms with Crippen LogP contribution in [0.4, 0.5) is 13.2 Å². The second kappa shape index (κ2) is 8.69. The van der Waals surface area contributed by atoms with Crippen molar-refractivity contribution in [2.75, 3.05) is 13.1 Å². The molecule has 1 fully saturated rings. The van der Waals surface area contributed by atoms with Gasteiger partial charge in [-0.25, -0.2) is 0 Å². The fraction of sp³-hybridized carbons (Fsp3) is 0.333. The maximum Gasteiger partial charge on any atom is 0.416 e. The minimum Gasteiger partial charge on any atom is -0.347 e. The molecule has 0 N–H and O–H groups in total. The van der Waals surface area contributed by atoms with E-state index in [0.29, 0.717) is 52.1 Å². The van der Waals surface area contributed by atoms with Crippen molar-refractivity contribution in [1.29, 1.82) is 0 Å². The monoisotopic (exact) mass is 496 g/mol. The van der Waals surface area contributed by atoms with Gasteiger partial charge in [0.05, 0.1) is 16.1 Å². The Morgan fingerprint density at radius 3 is 2.52 bits per heavy atom. The van der Waals surface area contributed by atoms with Gasteiger partial charge < -0.3 is 14.3 Å². The van der Waals surface area contributed by atoms with Crippen LogP contribution in [-0.4, -0.2) is 34.7 Å². The number of aromatic nitrogens is 1. The molecule has 0 unspecified atom stereocenters. The van der Waals surface area contributed by atoms with Gasteiger partial charge in [-0.3, -0.25) is 4.79 Å². The van der Waals surface area contributed by atoms with Crippen LogP contribution in [0.15, 0.2) is 30.3 Å². The zero-order valence-corrected chi connectivity index (χ0v) is 19.5. The number of likely N-dealkylation sites (tertiary alicyclic amines) is 1. The number of halogens is 5. The molecule has 3 aromatic rings. The molecule has 0 bridgehead atoms. The van der Waals surface area contributed by atoms with E-state index in [1.807, 2.05) is 6.07 Å². The normalized spacial score (nSPS) is 14.6. The molecule has 2 aromatic carbocycles. The molecule has 1 aromatic heterocycles. The molecule has 1 aliphatic rings. The lowest BCUT2D eigenvalue weighted by atomic mass is 9.95. The number of fused-ring (bicyclic) bond motifs is 1. The Morgan fingerprint density at radius 1 is 1.18 bits per heavy atom. The first-order valence-electron chi connectivity index (χ1n) is 10.4. The Kier molecular flexibility index (Phi) is 6.22. The highest BCUT2D eigenvalue weighted by molar-refractivity contribution is 6.38. The van der Waals surface area contributed by atoms with E-state index in [-0.39, 0.29) is 23.3 Å². The van der Waals surface area contributed by atoms with Crippen molar-refractivity contribution in [3.63, 3.8) is 0 Å². The predicted molar refractivity (Wildman–Crippen MR) is 122 cm³/mol. The molecule has 174 valence electrons. The third kappa shape index (κ3) is 4.36. The van der Waals surface area contributed by atoms with Crippen LogP contribution in [0.2, 0.25) is 10.0 Å². The highest BCUT2D eigenvalue weighted by atomic mass is 35.5. The molecule has 0 atom stereocenters. The summed E-state index contributed by atoms with van der Waals surface area (Å²) < 4.78 is 41.5. The first kappa shape index (κ1) is 23.6. The molecule has 33 heavy (non-hydrogen) atoms. The fourth-order valence-corrected chi connectivity index (χ4v) is 4.88. The number of alkyl halides is 3. The first-order valence-corrected chi connectivity index (χ1v) is 11.1. The van der Waals surface area contributed by atoms with Crippen LogP contribution >= 0.6 is 23.2 Å². The number of carbonyl (C=O) groups is 2. The van der Waals surface area contributed by atoms with Crippen LogP contribution in [0, 0.1) is 12.8 Å². The van der Waals surface area contributed by atoms with Crippen LogP contribution in [0.25, 0.3) is 10.9 Å². The summed E-state index contributed by atoms with van der Waals surface area (Å²) in [6, 6.07) is 7.27. The third-order valence-electron chi connectivity index (χ3n) is 6.24. The van der Waals surface area contributed by atoms with Crippen molar-refractivity contribution in [2.45, 2.75) is 25.9 Å². The van der Waals surface area contributed by atoms with Crippen molar-refractivity contribution < 1.29 is 22.8 Å². The van der Waals surface area contributed by atoms with E-state index in [4.69, 9.17) is 23.2 Å². The Hall–Kier alpha value is -2.51. The smallest absolute Gasteiger partial charge is 0.347 e. The molecule has 1 aliphatic heterocycles. The first-order chi connectivity index (χ1) is 15.5. The molecule has 0 radical (unpaired) electrons. The number of carbonyl (C=O) groups excluding carboxylic acids is 2. The van der Waals surface area contributed by atoms with Gasteiger partial charge in [0, 0.05) is 60.5 Å². The van der Waals surface area contributed by atoms with E-state index in [0.717, 1.165) is 24.1 Å². The maximum atomic E-state index is 13.3. The number of amides is 1. The van der Waals surface area contributed by atoms with Gasteiger partial charge >= 0.3 is 6.18 Å². The summed E-state index contributed by atoms with van der Waals surface area (Å²) in [6.45, 7) is 2.64. The molecule has 2 heterocycles. The fourth-order valence-electron chi connectivity index (χ4n) is 4.29. The van der Waals surface area contributed by atoms with Crippen molar-refractivity contribution in [3.05, 3.63) is 68.3 Å². The lowest BCUT2D eigenvalue weighted by Gasteiger charge is -2.38. The zero-order valence-electron chi connectivity index (χ0n) is 18.0. The minimum atomic E-state index is -4.44. The SMILES string of the molecule is Cc1cc(C(F)(F)F)cc2c1cc(Cc1c(Cl)ccc(C(=O)N3CC(CC=O)C3)c1Cl)n2C. The maximum absolute atomic E-state index is 13.3. The van der Waals surface area contributed by atoms with Crippen LogP contribution in [0.3, 0.4) is 0 Å². The molecule has 0 aliphatic carbocycles. The van der Waals surface area contributed by atoms with E-state index in [9.17, 15) is 22.8 Å². The number of rotatable bonds is 5. The molecule has 9 heteroatoms. The van der Waals surface area contributed by atoms with Gasteiger partial charge in [0.15, 0.2) is 0 Å². The molecule has 4 rings (SSSR count). The summed E-state index contributed by atoms with van der Waals surface area (Å²) in [5.41, 5.74) is 1.84. The number of hydrogen-bond donors (Lipinski definition) is 0. The second-order valence-corrected chi connectivity index (χ2v) is 9.25. The number of aryl methyl sites for hydroxylation is 2. The van der Waals surface area contributed by atoms with Gasteiger partial charge in [-0.1, -0.05) is 23.2 Å². The predicted octanol–water partition coefficient (Wildman–Crippen LogP) is 6.06. The molecule has 1 saturated heterocycles. The summed E-state index contributed by atoms with van der Waals surface area (Å²) in [4.78, 5) is 25.2. The van der Waals surface area contributed by atoms with Crippen molar-refractivity contribution in [1.82, 2.24) is 9.47 Å². The van der Waals surface area contributed by atoms with Crippen LogP contribution in [0.5, 0.6) is 0 Å². The van der Waals surface area contributed by atoms with E-state index >= 15 is 0 Å². The number of nitrogens with zero attached hydrogens (tertiary/aromatic N) is 2. The Bertz CT molecular complexity index is 1260. The van der Waals surface area contributed by atoms with Gasteiger partial charge in [-0.05, 0) is 48.4 Å². The summed E-state index contributed by atoms with van der Waals surface area (Å²) in [7, 11) is 1.70. The van der Waals surface area contributed by atoms with Crippen molar-refractivity contribution in [2.24, 2.45) is 13.0 Å². The Balaban J connectivity index is 1.67. The second-order valence-electron chi connectivity index (χ2n) is 8.46. The number of benzene rings is 2. The molecule has 4 nitrogen and oxygen atoms in total. The molecule has 0 saturated carbocycles. The average Bonchev–Trinajstić information content (AvgIpc) is 3.03. The van der Waals surface area contributed by atoms with E-state index < -0.39 is 11.7 Å². The summed E-state index contributed by atoms with van der Waals surface area (Å²) in [6.07, 6.45) is -2.92. The van der Waals surface area contributed by atoms with Crippen LogP contribution in [0.1, 0.15) is 39.2 Å². The average molecular weight is 497 g/mol. The van der Waals surface area contributed by atoms with E-state index in [1.165, 1.54) is 0 Å². The molecule has 0 spiro atoms. The Labute approximate surface area is 198 Å². The molecular formula is C24H21Cl2F3N2O2. The summed E-state index contributed by atoms with van der Waals surface area (Å²) in [5, 5.41) is 1.31. The van der Waals surface area contributed by atoms with Gasteiger partial charge in [0.2, 0.25) is 0 Å². The highest BCUT2D eigenvalue weighted by Crippen LogP contribution is 2.36. The summed E-state index contributed by atoms with van der Waals surface area (Å²) >= 11 is 13.0. The topological polar surface area (TPSA) is 42.3 Å². The van der Waals surface area contributed by atoms with E-state index in [2.05, 4.69) is 0 Å². The Morgan fingerprint density at radius 2 is 1.88 bits per heavy atom. The minimum absolute atomic E-state index is 0.164. The lowest BCUT2D eigenvalue weighted by molar-refractivity contribution is -0.137. The number of hydrogen-bond acceptors (Lipinski definition) is 2. The standard InChI is InChI=1S/C24H21Cl2F3N2O2/c1-13-7-15(24(27,28)29)8-21-18(13)9-16(30(21)2)10-19-20(25)4-3-17(22(19)26)23(33)31-11-14(12-31)5-6-32/h3-4,6-9,14H,5,10-12H2,1-2H3. The zero-order chi connectivity index (χ0) is 24.1. The summed E-state index contributed by atoms with van der Waals surface area (Å²) in [5.74, 6) is -0.0691.